The molecule has 0 aromatic heterocycles. The number of amides is 3. The van der Waals surface area contributed by atoms with E-state index < -0.39 is 23.6 Å². The molecule has 0 aromatic carbocycles. The van der Waals surface area contributed by atoms with E-state index in [1.54, 1.807) is 20.8 Å². The number of nitrogens with two attached hydrogens (primary N) is 1. The van der Waals surface area contributed by atoms with Crippen LogP contribution in [0.25, 0.3) is 0 Å². The van der Waals surface area contributed by atoms with Crippen molar-refractivity contribution in [2.45, 2.75) is 65.0 Å². The fourth-order valence-corrected chi connectivity index (χ4v) is 2.78. The predicted octanol–water partition coefficient (Wildman–Crippen LogP) is 0.908. The number of hydrazine groups is 1. The monoisotopic (exact) mass is 354 g/mol. The van der Waals surface area contributed by atoms with Gasteiger partial charge in [-0.15, -0.1) is 0 Å². The largest absolute Gasteiger partial charge is 0.442 e. The van der Waals surface area contributed by atoms with Crippen molar-refractivity contribution in [3.05, 3.63) is 0 Å². The summed E-state index contributed by atoms with van der Waals surface area (Å²) in [7, 11) is 0. The SMILES string of the molecule is CC1(C[C@H](N)C(=O)NN(C[C@@H]2CCNC2=O)C(=O)OC(C)(C)C)CC1. The predicted molar refractivity (Wildman–Crippen MR) is 92.1 cm³/mol. The Labute approximate surface area is 148 Å². The molecule has 25 heavy (non-hydrogen) atoms. The molecular weight excluding hydrogens is 324 g/mol. The molecule has 0 spiro atoms. The van der Waals surface area contributed by atoms with Gasteiger partial charge in [0.05, 0.1) is 18.5 Å². The Morgan fingerprint density at radius 1 is 1.44 bits per heavy atom. The third-order valence-corrected chi connectivity index (χ3v) is 4.58. The van der Waals surface area contributed by atoms with Crippen molar-refractivity contribution in [2.24, 2.45) is 17.1 Å². The minimum Gasteiger partial charge on any atom is -0.442 e. The molecule has 3 amide bonds. The number of carbonyl (C=O) groups excluding carboxylic acids is 3. The molecule has 0 aromatic rings. The molecule has 2 aliphatic rings. The maximum atomic E-state index is 12.4. The number of hydrogen-bond donors (Lipinski definition) is 3. The van der Waals surface area contributed by atoms with E-state index in [0.29, 0.717) is 19.4 Å². The molecule has 0 radical (unpaired) electrons. The van der Waals surface area contributed by atoms with Crippen LogP contribution in [-0.2, 0) is 14.3 Å². The lowest BCUT2D eigenvalue weighted by molar-refractivity contribution is -0.129. The summed E-state index contributed by atoms with van der Waals surface area (Å²) in [6.45, 7) is 7.95. The van der Waals surface area contributed by atoms with E-state index in [0.717, 1.165) is 17.9 Å². The van der Waals surface area contributed by atoms with Crippen molar-refractivity contribution in [1.29, 1.82) is 0 Å². The first-order valence-electron chi connectivity index (χ1n) is 8.83. The molecule has 8 heteroatoms. The van der Waals surface area contributed by atoms with E-state index in [4.69, 9.17) is 10.5 Å². The zero-order valence-corrected chi connectivity index (χ0v) is 15.6. The van der Waals surface area contributed by atoms with Crippen molar-refractivity contribution >= 4 is 17.9 Å². The van der Waals surface area contributed by atoms with Gasteiger partial charge in [0.15, 0.2) is 0 Å². The number of ether oxygens (including phenoxy) is 1. The number of carbonyl (C=O) groups is 3. The van der Waals surface area contributed by atoms with Gasteiger partial charge in [0.25, 0.3) is 5.91 Å². The van der Waals surface area contributed by atoms with Gasteiger partial charge in [0.1, 0.15) is 5.60 Å². The normalized spacial score (nSPS) is 22.8. The standard InChI is InChI=1S/C17H30N4O4/c1-16(2,3)25-15(24)21(10-11-5-8-19-13(11)22)20-14(23)12(18)9-17(4)6-7-17/h11-12H,5-10,18H2,1-4H3,(H,19,22)(H,20,23)/t11-,12-/m0/s1. The summed E-state index contributed by atoms with van der Waals surface area (Å²) in [5, 5.41) is 3.80. The van der Waals surface area contributed by atoms with Crippen LogP contribution in [0.15, 0.2) is 0 Å². The maximum absolute atomic E-state index is 12.4. The first kappa shape index (κ1) is 19.5. The Morgan fingerprint density at radius 3 is 2.56 bits per heavy atom. The molecule has 2 fully saturated rings. The van der Waals surface area contributed by atoms with Gasteiger partial charge in [-0.2, -0.15) is 0 Å². The van der Waals surface area contributed by atoms with Gasteiger partial charge >= 0.3 is 6.09 Å². The van der Waals surface area contributed by atoms with Gasteiger partial charge in [0, 0.05) is 6.54 Å². The Hall–Kier alpha value is -1.83. The first-order chi connectivity index (χ1) is 11.5. The summed E-state index contributed by atoms with van der Waals surface area (Å²) in [5.41, 5.74) is 7.95. The van der Waals surface area contributed by atoms with Crippen LogP contribution >= 0.6 is 0 Å². The molecule has 1 aliphatic carbocycles. The summed E-state index contributed by atoms with van der Waals surface area (Å²) < 4.78 is 5.34. The maximum Gasteiger partial charge on any atom is 0.429 e. The molecule has 2 atom stereocenters. The number of rotatable bonds is 5. The van der Waals surface area contributed by atoms with E-state index in [9.17, 15) is 14.4 Å². The van der Waals surface area contributed by atoms with Crippen LogP contribution in [0.4, 0.5) is 4.79 Å². The highest BCUT2D eigenvalue weighted by atomic mass is 16.6. The number of hydrogen-bond acceptors (Lipinski definition) is 5. The lowest BCUT2D eigenvalue weighted by Crippen LogP contribution is -2.55. The topological polar surface area (TPSA) is 114 Å². The highest BCUT2D eigenvalue weighted by molar-refractivity contribution is 5.84. The first-order valence-corrected chi connectivity index (χ1v) is 8.83. The Kier molecular flexibility index (Phi) is 5.61. The summed E-state index contributed by atoms with van der Waals surface area (Å²) in [6, 6.07) is -0.699. The zero-order valence-electron chi connectivity index (χ0n) is 15.6. The Morgan fingerprint density at radius 2 is 2.08 bits per heavy atom. The van der Waals surface area contributed by atoms with Gasteiger partial charge in [-0.25, -0.2) is 9.80 Å². The van der Waals surface area contributed by atoms with Crippen molar-refractivity contribution in [3.8, 4) is 0 Å². The summed E-state index contributed by atoms with van der Waals surface area (Å²) in [4.78, 5) is 36.6. The smallest absolute Gasteiger partial charge is 0.429 e. The van der Waals surface area contributed by atoms with Gasteiger partial charge in [-0.1, -0.05) is 6.92 Å². The molecule has 1 saturated heterocycles. The van der Waals surface area contributed by atoms with Crippen LogP contribution in [-0.4, -0.2) is 47.6 Å². The number of nitrogens with zero attached hydrogens (tertiary/aromatic N) is 1. The van der Waals surface area contributed by atoms with Crippen molar-refractivity contribution < 1.29 is 19.1 Å². The second kappa shape index (κ2) is 7.19. The Balaban J connectivity index is 2.00. The van der Waals surface area contributed by atoms with Crippen molar-refractivity contribution in [1.82, 2.24) is 15.8 Å². The molecule has 1 heterocycles. The highest BCUT2D eigenvalue weighted by Gasteiger charge is 2.40. The molecule has 8 nitrogen and oxygen atoms in total. The lowest BCUT2D eigenvalue weighted by atomic mass is 9.99. The average molecular weight is 354 g/mol. The third-order valence-electron chi connectivity index (χ3n) is 4.58. The average Bonchev–Trinajstić information content (AvgIpc) is 3.05. The van der Waals surface area contributed by atoms with Gasteiger partial charge in [-0.05, 0) is 51.9 Å². The van der Waals surface area contributed by atoms with E-state index in [1.807, 2.05) is 0 Å². The van der Waals surface area contributed by atoms with E-state index in [-0.39, 0.29) is 23.8 Å². The van der Waals surface area contributed by atoms with Crippen LogP contribution in [0.1, 0.15) is 53.4 Å². The van der Waals surface area contributed by atoms with Crippen LogP contribution in [0.5, 0.6) is 0 Å². The van der Waals surface area contributed by atoms with Crippen molar-refractivity contribution in [2.75, 3.05) is 13.1 Å². The quantitative estimate of drug-likeness (QED) is 0.635. The molecular formula is C17H30N4O4. The molecule has 0 bridgehead atoms. The Bertz CT molecular complexity index is 539. The number of nitrogens with one attached hydrogen (secondary N) is 2. The van der Waals surface area contributed by atoms with Crippen molar-refractivity contribution in [3.63, 3.8) is 0 Å². The molecule has 1 aliphatic heterocycles. The fraction of sp³-hybridized carbons (Fsp3) is 0.824. The minimum absolute atomic E-state index is 0.0659. The van der Waals surface area contributed by atoms with Gasteiger partial charge in [0.2, 0.25) is 5.91 Å². The second-order valence-electron chi connectivity index (χ2n) is 8.46. The molecule has 4 N–H and O–H groups in total. The second-order valence-corrected chi connectivity index (χ2v) is 8.46. The summed E-state index contributed by atoms with van der Waals surface area (Å²) in [5.74, 6) is -0.931. The summed E-state index contributed by atoms with van der Waals surface area (Å²) in [6.07, 6.45) is 2.62. The van der Waals surface area contributed by atoms with E-state index >= 15 is 0 Å². The van der Waals surface area contributed by atoms with Gasteiger partial charge < -0.3 is 15.8 Å². The van der Waals surface area contributed by atoms with Crippen LogP contribution in [0.3, 0.4) is 0 Å². The van der Waals surface area contributed by atoms with E-state index in [2.05, 4.69) is 17.7 Å². The summed E-state index contributed by atoms with van der Waals surface area (Å²) >= 11 is 0. The zero-order chi connectivity index (χ0) is 18.8. The third kappa shape index (κ3) is 5.88. The highest BCUT2D eigenvalue weighted by Crippen LogP contribution is 2.48. The van der Waals surface area contributed by atoms with Crippen LogP contribution in [0, 0.1) is 11.3 Å². The fourth-order valence-electron chi connectivity index (χ4n) is 2.78. The molecule has 0 unspecified atom stereocenters. The van der Waals surface area contributed by atoms with Gasteiger partial charge in [-0.3, -0.25) is 15.0 Å². The molecule has 2 rings (SSSR count). The minimum atomic E-state index is -0.707. The lowest BCUT2D eigenvalue weighted by Gasteiger charge is -2.29. The van der Waals surface area contributed by atoms with E-state index in [1.165, 1.54) is 0 Å². The van der Waals surface area contributed by atoms with Crippen LogP contribution < -0.4 is 16.5 Å². The molecule has 142 valence electrons. The van der Waals surface area contributed by atoms with Crippen LogP contribution in [0.2, 0.25) is 0 Å². The molecule has 1 saturated carbocycles.